The molecule has 0 radical (unpaired) electrons. The highest BCUT2D eigenvalue weighted by Crippen LogP contribution is 2.29. The van der Waals surface area contributed by atoms with Gasteiger partial charge in [0, 0.05) is 23.0 Å². The molecule has 0 spiro atoms. The Labute approximate surface area is 137 Å². The van der Waals surface area contributed by atoms with E-state index in [1.54, 1.807) is 24.3 Å². The van der Waals surface area contributed by atoms with E-state index in [0.717, 1.165) is 6.20 Å². The lowest BCUT2D eigenvalue weighted by Crippen LogP contribution is -2.33. The molecular weight excluding hydrogens is 340 g/mol. The summed E-state index contributed by atoms with van der Waals surface area (Å²) >= 11 is 5.90. The van der Waals surface area contributed by atoms with Crippen LogP contribution in [-0.2, 0) is 14.8 Å². The second-order valence-electron chi connectivity index (χ2n) is 4.76. The summed E-state index contributed by atoms with van der Waals surface area (Å²) in [4.78, 5) is 15.8. The molecule has 1 aliphatic heterocycles. The van der Waals surface area contributed by atoms with Crippen molar-refractivity contribution in [2.75, 3.05) is 6.61 Å². The first-order valence-electron chi connectivity index (χ1n) is 6.56. The average molecular weight is 351 g/mol. The largest absolute Gasteiger partial charge is 0.488 e. The van der Waals surface area contributed by atoms with Crippen LogP contribution in [0.5, 0.6) is 5.75 Å². The molecule has 2 heterocycles. The maximum atomic E-state index is 12.2. The van der Waals surface area contributed by atoms with Gasteiger partial charge in [-0.15, -0.1) is 0 Å². The van der Waals surface area contributed by atoms with E-state index in [2.05, 4.69) is 4.98 Å². The minimum Gasteiger partial charge on any atom is -0.488 e. The number of halogens is 1. The fourth-order valence-electron chi connectivity index (χ4n) is 2.03. The van der Waals surface area contributed by atoms with Crippen LogP contribution in [0.1, 0.15) is 5.56 Å². The number of carbonyl (C=O) groups is 1. The number of pyridine rings is 1. The van der Waals surface area contributed by atoms with Crippen molar-refractivity contribution in [3.8, 4) is 5.75 Å². The zero-order chi connectivity index (χ0) is 16.4. The smallest absolute Gasteiger partial charge is 0.265 e. The van der Waals surface area contributed by atoms with Crippen molar-refractivity contribution in [1.82, 2.24) is 9.71 Å². The maximum absolute atomic E-state index is 12.2. The summed E-state index contributed by atoms with van der Waals surface area (Å²) in [6.45, 7) is -0.0248. The average Bonchev–Trinajstić information content (AvgIpc) is 2.54. The van der Waals surface area contributed by atoms with Gasteiger partial charge in [0.15, 0.2) is 0 Å². The summed E-state index contributed by atoms with van der Waals surface area (Å²) in [5, 5.41) is 0.494. The van der Waals surface area contributed by atoms with Gasteiger partial charge in [0.2, 0.25) is 0 Å². The molecule has 1 aromatic carbocycles. The lowest BCUT2D eigenvalue weighted by molar-refractivity contribution is -0.116. The predicted molar refractivity (Wildman–Crippen MR) is 84.5 cm³/mol. The van der Waals surface area contributed by atoms with E-state index in [0.29, 0.717) is 16.3 Å². The number of fused-ring (bicyclic) bond motifs is 1. The molecule has 118 valence electrons. The van der Waals surface area contributed by atoms with Gasteiger partial charge in [-0.05, 0) is 36.4 Å². The molecule has 3 rings (SSSR count). The van der Waals surface area contributed by atoms with Gasteiger partial charge in [-0.2, -0.15) is 0 Å². The fourth-order valence-corrected chi connectivity index (χ4v) is 3.16. The van der Waals surface area contributed by atoms with Crippen LogP contribution in [0, 0.1) is 0 Å². The number of benzene rings is 1. The van der Waals surface area contributed by atoms with Crippen molar-refractivity contribution in [3.63, 3.8) is 0 Å². The van der Waals surface area contributed by atoms with Crippen LogP contribution >= 0.6 is 11.6 Å². The van der Waals surface area contributed by atoms with E-state index in [9.17, 15) is 13.2 Å². The van der Waals surface area contributed by atoms with Crippen LogP contribution in [0.3, 0.4) is 0 Å². The fraction of sp³-hybridized carbons (Fsp3) is 0.0667. The first-order chi connectivity index (χ1) is 11.0. The summed E-state index contributed by atoms with van der Waals surface area (Å²) in [6, 6.07) is 7.82. The van der Waals surface area contributed by atoms with Gasteiger partial charge in [0.25, 0.3) is 15.9 Å². The molecule has 0 atom stereocenters. The minimum absolute atomic E-state index is 0.0248. The number of hydrogen-bond donors (Lipinski definition) is 1. The molecule has 23 heavy (non-hydrogen) atoms. The highest BCUT2D eigenvalue weighted by Gasteiger charge is 2.23. The molecule has 1 aromatic heterocycles. The Morgan fingerprint density at radius 1 is 1.30 bits per heavy atom. The molecule has 8 heteroatoms. The van der Waals surface area contributed by atoms with Gasteiger partial charge >= 0.3 is 0 Å². The third kappa shape index (κ3) is 3.35. The molecule has 0 fully saturated rings. The van der Waals surface area contributed by atoms with Crippen LogP contribution in [0.25, 0.3) is 6.08 Å². The van der Waals surface area contributed by atoms with Crippen molar-refractivity contribution in [2.24, 2.45) is 0 Å². The molecule has 0 saturated heterocycles. The Bertz CT molecular complexity index is 895. The number of sulfonamides is 1. The van der Waals surface area contributed by atoms with E-state index >= 15 is 0 Å². The van der Waals surface area contributed by atoms with Crippen molar-refractivity contribution < 1.29 is 17.9 Å². The second kappa shape index (κ2) is 6.02. The lowest BCUT2D eigenvalue weighted by Gasteiger charge is -2.17. The Hall–Kier alpha value is -2.38. The zero-order valence-corrected chi connectivity index (χ0v) is 13.3. The number of rotatable bonds is 3. The summed E-state index contributed by atoms with van der Waals surface area (Å²) in [6.07, 6.45) is 4.16. The van der Waals surface area contributed by atoms with E-state index in [1.165, 1.54) is 18.3 Å². The molecule has 2 aromatic rings. The Balaban J connectivity index is 1.85. The van der Waals surface area contributed by atoms with Gasteiger partial charge in [0.05, 0.1) is 5.57 Å². The molecule has 0 saturated carbocycles. The van der Waals surface area contributed by atoms with Gasteiger partial charge in [-0.25, -0.2) is 13.1 Å². The van der Waals surface area contributed by atoms with Crippen molar-refractivity contribution in [2.45, 2.75) is 4.90 Å². The molecule has 6 nitrogen and oxygen atoms in total. The first-order valence-corrected chi connectivity index (χ1v) is 8.42. The molecule has 0 bridgehead atoms. The van der Waals surface area contributed by atoms with Crippen molar-refractivity contribution in [3.05, 3.63) is 58.9 Å². The molecule has 1 N–H and O–H groups in total. The van der Waals surface area contributed by atoms with Gasteiger partial charge in [-0.3, -0.25) is 9.78 Å². The van der Waals surface area contributed by atoms with E-state index in [4.69, 9.17) is 16.3 Å². The Morgan fingerprint density at radius 3 is 2.87 bits per heavy atom. The summed E-state index contributed by atoms with van der Waals surface area (Å²) in [7, 11) is -3.98. The van der Waals surface area contributed by atoms with E-state index < -0.39 is 15.9 Å². The van der Waals surface area contributed by atoms with E-state index in [-0.39, 0.29) is 17.1 Å². The quantitative estimate of drug-likeness (QED) is 0.915. The highest BCUT2D eigenvalue weighted by atomic mass is 35.5. The minimum atomic E-state index is -3.98. The Kier molecular flexibility index (Phi) is 4.06. The van der Waals surface area contributed by atoms with Crippen LogP contribution < -0.4 is 9.46 Å². The summed E-state index contributed by atoms with van der Waals surface area (Å²) in [5.41, 5.74) is 0.805. The number of hydrogen-bond acceptors (Lipinski definition) is 5. The molecule has 1 amide bonds. The van der Waals surface area contributed by atoms with Crippen molar-refractivity contribution in [1.29, 1.82) is 0 Å². The third-order valence-electron chi connectivity index (χ3n) is 3.15. The predicted octanol–water partition coefficient (Wildman–Crippen LogP) is 2.02. The molecule has 0 unspecified atom stereocenters. The van der Waals surface area contributed by atoms with Gasteiger partial charge < -0.3 is 4.74 Å². The van der Waals surface area contributed by atoms with Crippen LogP contribution in [0.15, 0.2) is 53.2 Å². The monoisotopic (exact) mass is 350 g/mol. The Morgan fingerprint density at radius 2 is 2.13 bits per heavy atom. The zero-order valence-electron chi connectivity index (χ0n) is 11.7. The normalized spacial score (nSPS) is 13.5. The number of carbonyl (C=O) groups excluding carboxylic acids is 1. The lowest BCUT2D eigenvalue weighted by atomic mass is 10.1. The first kappa shape index (κ1) is 15.5. The second-order valence-corrected chi connectivity index (χ2v) is 6.88. The molecule has 0 aliphatic carbocycles. The van der Waals surface area contributed by atoms with Gasteiger partial charge in [0.1, 0.15) is 17.3 Å². The van der Waals surface area contributed by atoms with E-state index in [1.807, 2.05) is 4.72 Å². The number of ether oxygens (including phenoxy) is 1. The molecule has 1 aliphatic rings. The highest BCUT2D eigenvalue weighted by molar-refractivity contribution is 7.90. The standard InChI is InChI=1S/C15H11ClN2O4S/c16-12-3-4-14-10(7-12)6-11(9-22-14)15(19)18-23(20,21)13-2-1-5-17-8-13/h1-8H,9H2,(H,18,19). The SMILES string of the molecule is O=C(NS(=O)(=O)c1cccnc1)C1=Cc2cc(Cl)ccc2OC1. The van der Waals surface area contributed by atoms with Crippen LogP contribution in [0.2, 0.25) is 5.02 Å². The summed E-state index contributed by atoms with van der Waals surface area (Å²) < 4.78 is 31.7. The topological polar surface area (TPSA) is 85.4 Å². The van der Waals surface area contributed by atoms with Crippen LogP contribution in [-0.4, -0.2) is 25.9 Å². The van der Waals surface area contributed by atoms with Gasteiger partial charge in [-0.1, -0.05) is 11.6 Å². The number of nitrogens with zero attached hydrogens (tertiary/aromatic N) is 1. The number of amides is 1. The molecular formula is C15H11ClN2O4S. The summed E-state index contributed by atoms with van der Waals surface area (Å²) in [5.74, 6) is -0.166. The van der Waals surface area contributed by atoms with Crippen LogP contribution in [0.4, 0.5) is 0 Å². The number of aromatic nitrogens is 1. The third-order valence-corrected chi connectivity index (χ3v) is 4.70. The number of nitrogens with one attached hydrogen (secondary N) is 1. The van der Waals surface area contributed by atoms with Crippen molar-refractivity contribution >= 4 is 33.6 Å². The maximum Gasteiger partial charge on any atom is 0.265 e.